The summed E-state index contributed by atoms with van der Waals surface area (Å²) in [6, 6.07) is 6.67. The van der Waals surface area contributed by atoms with Crippen LogP contribution in [-0.4, -0.2) is 11.2 Å². The highest BCUT2D eigenvalue weighted by Gasteiger charge is 2.08. The molecule has 1 nitrogen and oxygen atoms in total. The minimum Gasteiger partial charge on any atom is -0.393 e. The quantitative estimate of drug-likeness (QED) is 0.700. The maximum Gasteiger partial charge on any atom is 0.126 e. The van der Waals surface area contributed by atoms with Crippen LogP contribution in [0.5, 0.6) is 0 Å². The van der Waals surface area contributed by atoms with E-state index in [1.807, 2.05) is 6.07 Å². The van der Waals surface area contributed by atoms with E-state index in [0.717, 1.165) is 19.3 Å². The van der Waals surface area contributed by atoms with Crippen LogP contribution in [0.2, 0.25) is 0 Å². The van der Waals surface area contributed by atoms with Gasteiger partial charge in [0.25, 0.3) is 0 Å². The molecule has 1 unspecified atom stereocenters. The SMILES string of the molecule is CCCCCCC(O)Cc1ccccc1F. The molecular formula is C14H21FO. The first-order valence-corrected chi connectivity index (χ1v) is 6.15. The number of halogens is 1. The number of hydrogen-bond acceptors (Lipinski definition) is 1. The lowest BCUT2D eigenvalue weighted by Crippen LogP contribution is -2.11. The second-order valence-electron chi connectivity index (χ2n) is 4.30. The highest BCUT2D eigenvalue weighted by atomic mass is 19.1. The Hall–Kier alpha value is -0.890. The van der Waals surface area contributed by atoms with Gasteiger partial charge in [-0.15, -0.1) is 0 Å². The first-order valence-electron chi connectivity index (χ1n) is 6.15. The number of aliphatic hydroxyl groups is 1. The normalized spacial score (nSPS) is 12.7. The third kappa shape index (κ3) is 4.75. The van der Waals surface area contributed by atoms with Crippen molar-refractivity contribution in [2.45, 2.75) is 51.6 Å². The molecule has 1 atom stereocenters. The zero-order valence-corrected chi connectivity index (χ0v) is 9.95. The number of rotatable bonds is 7. The van der Waals surface area contributed by atoms with Crippen molar-refractivity contribution < 1.29 is 9.50 Å². The summed E-state index contributed by atoms with van der Waals surface area (Å²) < 4.78 is 13.3. The molecule has 0 saturated carbocycles. The average Bonchev–Trinajstić information content (AvgIpc) is 2.28. The van der Waals surface area contributed by atoms with E-state index in [-0.39, 0.29) is 5.82 Å². The summed E-state index contributed by atoms with van der Waals surface area (Å²) in [5.74, 6) is -0.213. The molecule has 0 spiro atoms. The molecule has 1 aromatic rings. The van der Waals surface area contributed by atoms with Gasteiger partial charge in [0, 0.05) is 6.42 Å². The van der Waals surface area contributed by atoms with E-state index in [0.29, 0.717) is 12.0 Å². The summed E-state index contributed by atoms with van der Waals surface area (Å²) in [5, 5.41) is 9.76. The van der Waals surface area contributed by atoms with Crippen LogP contribution in [0.1, 0.15) is 44.6 Å². The molecule has 0 radical (unpaired) electrons. The average molecular weight is 224 g/mol. The number of aliphatic hydroxyl groups excluding tert-OH is 1. The van der Waals surface area contributed by atoms with Crippen LogP contribution in [0.4, 0.5) is 4.39 Å². The van der Waals surface area contributed by atoms with Crippen LogP contribution in [0.15, 0.2) is 24.3 Å². The number of hydrogen-bond donors (Lipinski definition) is 1. The fraction of sp³-hybridized carbons (Fsp3) is 0.571. The minimum atomic E-state index is -0.409. The molecule has 0 fully saturated rings. The Balaban J connectivity index is 2.28. The fourth-order valence-electron chi connectivity index (χ4n) is 1.83. The molecule has 0 amide bonds. The van der Waals surface area contributed by atoms with Crippen LogP contribution >= 0.6 is 0 Å². The Bertz CT molecular complexity index is 299. The predicted molar refractivity (Wildman–Crippen MR) is 64.9 cm³/mol. The molecule has 0 aromatic heterocycles. The van der Waals surface area contributed by atoms with Crippen molar-refractivity contribution in [3.05, 3.63) is 35.6 Å². The van der Waals surface area contributed by atoms with E-state index in [9.17, 15) is 9.50 Å². The summed E-state index contributed by atoms with van der Waals surface area (Å²) >= 11 is 0. The second kappa shape index (κ2) is 7.39. The van der Waals surface area contributed by atoms with Crippen LogP contribution < -0.4 is 0 Å². The highest BCUT2D eigenvalue weighted by Crippen LogP contribution is 2.13. The van der Waals surface area contributed by atoms with Gasteiger partial charge in [0.1, 0.15) is 5.82 Å². The maximum absolute atomic E-state index is 13.3. The third-order valence-electron chi connectivity index (χ3n) is 2.80. The second-order valence-corrected chi connectivity index (χ2v) is 4.30. The van der Waals surface area contributed by atoms with Gasteiger partial charge in [0.2, 0.25) is 0 Å². The van der Waals surface area contributed by atoms with Gasteiger partial charge in [-0.25, -0.2) is 4.39 Å². The van der Waals surface area contributed by atoms with Crippen molar-refractivity contribution in [1.29, 1.82) is 0 Å². The van der Waals surface area contributed by atoms with Crippen molar-refractivity contribution in [3.8, 4) is 0 Å². The molecule has 1 rings (SSSR count). The summed E-state index contributed by atoms with van der Waals surface area (Å²) in [7, 11) is 0. The molecule has 2 heteroatoms. The van der Waals surface area contributed by atoms with Gasteiger partial charge in [-0.2, -0.15) is 0 Å². The van der Waals surface area contributed by atoms with E-state index in [2.05, 4.69) is 6.92 Å². The Kier molecular flexibility index (Phi) is 6.09. The van der Waals surface area contributed by atoms with Gasteiger partial charge < -0.3 is 5.11 Å². The first kappa shape index (κ1) is 13.2. The van der Waals surface area contributed by atoms with Crippen molar-refractivity contribution in [1.82, 2.24) is 0 Å². The molecule has 90 valence electrons. The molecule has 0 aliphatic heterocycles. The first-order chi connectivity index (χ1) is 7.74. The molecule has 1 N–H and O–H groups in total. The van der Waals surface area contributed by atoms with Crippen LogP contribution in [0, 0.1) is 5.82 Å². The van der Waals surface area contributed by atoms with Crippen LogP contribution in [0.3, 0.4) is 0 Å². The lowest BCUT2D eigenvalue weighted by molar-refractivity contribution is 0.160. The van der Waals surface area contributed by atoms with Crippen LogP contribution in [-0.2, 0) is 6.42 Å². The van der Waals surface area contributed by atoms with E-state index in [1.54, 1.807) is 12.1 Å². The molecule has 0 saturated heterocycles. The van der Waals surface area contributed by atoms with Gasteiger partial charge in [0.05, 0.1) is 6.10 Å². The molecule has 0 heterocycles. The van der Waals surface area contributed by atoms with Gasteiger partial charge in [-0.1, -0.05) is 50.8 Å². The number of benzene rings is 1. The Morgan fingerprint density at radius 2 is 1.94 bits per heavy atom. The summed E-state index contributed by atoms with van der Waals surface area (Å²) in [5.41, 5.74) is 0.616. The van der Waals surface area contributed by atoms with Crippen LogP contribution in [0.25, 0.3) is 0 Å². The molecule has 1 aromatic carbocycles. The van der Waals surface area contributed by atoms with E-state index < -0.39 is 6.10 Å². The Morgan fingerprint density at radius 1 is 1.19 bits per heavy atom. The predicted octanol–water partition coefficient (Wildman–Crippen LogP) is 3.70. The summed E-state index contributed by atoms with van der Waals surface area (Å²) in [6.07, 6.45) is 5.39. The smallest absolute Gasteiger partial charge is 0.126 e. The van der Waals surface area contributed by atoms with E-state index in [1.165, 1.54) is 18.9 Å². The van der Waals surface area contributed by atoms with E-state index in [4.69, 9.17) is 0 Å². The lowest BCUT2D eigenvalue weighted by atomic mass is 10.0. The van der Waals surface area contributed by atoms with Crippen molar-refractivity contribution in [3.63, 3.8) is 0 Å². The van der Waals surface area contributed by atoms with Gasteiger partial charge in [-0.05, 0) is 18.1 Å². The number of unbranched alkanes of at least 4 members (excludes halogenated alkanes) is 3. The summed E-state index contributed by atoms with van der Waals surface area (Å²) in [6.45, 7) is 2.16. The molecule has 16 heavy (non-hydrogen) atoms. The van der Waals surface area contributed by atoms with Crippen molar-refractivity contribution >= 4 is 0 Å². The highest BCUT2D eigenvalue weighted by molar-refractivity contribution is 5.17. The molecule has 0 bridgehead atoms. The Morgan fingerprint density at radius 3 is 2.62 bits per heavy atom. The minimum absolute atomic E-state index is 0.213. The Labute approximate surface area is 97.3 Å². The zero-order chi connectivity index (χ0) is 11.8. The maximum atomic E-state index is 13.3. The summed E-state index contributed by atoms with van der Waals surface area (Å²) in [4.78, 5) is 0. The van der Waals surface area contributed by atoms with E-state index >= 15 is 0 Å². The lowest BCUT2D eigenvalue weighted by Gasteiger charge is -2.10. The molecule has 0 aliphatic carbocycles. The van der Waals surface area contributed by atoms with Gasteiger partial charge in [0.15, 0.2) is 0 Å². The molecule has 0 aliphatic rings. The van der Waals surface area contributed by atoms with Crippen molar-refractivity contribution in [2.75, 3.05) is 0 Å². The van der Waals surface area contributed by atoms with Crippen molar-refractivity contribution in [2.24, 2.45) is 0 Å². The largest absolute Gasteiger partial charge is 0.393 e. The topological polar surface area (TPSA) is 20.2 Å². The third-order valence-corrected chi connectivity index (χ3v) is 2.80. The monoisotopic (exact) mass is 224 g/mol. The standard InChI is InChI=1S/C14H21FO/c1-2-3-4-5-9-13(16)11-12-8-6-7-10-14(12)15/h6-8,10,13,16H,2-5,9,11H2,1H3. The zero-order valence-electron chi connectivity index (χ0n) is 9.95. The fourth-order valence-corrected chi connectivity index (χ4v) is 1.83. The molecular weight excluding hydrogens is 203 g/mol. The van der Waals surface area contributed by atoms with Gasteiger partial charge in [-0.3, -0.25) is 0 Å². The van der Waals surface area contributed by atoms with Gasteiger partial charge >= 0.3 is 0 Å².